The van der Waals surface area contributed by atoms with Gasteiger partial charge in [0, 0.05) is 21.4 Å². The van der Waals surface area contributed by atoms with Gasteiger partial charge in [-0.3, -0.25) is 14.9 Å². The van der Waals surface area contributed by atoms with E-state index in [-0.39, 0.29) is 21.3 Å². The Kier molecular flexibility index (Phi) is 5.02. The molecule has 1 amide bonds. The first-order valence-corrected chi connectivity index (χ1v) is 7.42. The van der Waals surface area contributed by atoms with Crippen LogP contribution in [0.5, 0.6) is 0 Å². The number of amides is 1. The summed E-state index contributed by atoms with van der Waals surface area (Å²) in [6.07, 6.45) is 0. The molecule has 0 aliphatic carbocycles. The van der Waals surface area contributed by atoms with Gasteiger partial charge in [0.15, 0.2) is 0 Å². The fourth-order valence-electron chi connectivity index (χ4n) is 1.61. The lowest BCUT2D eigenvalue weighted by atomic mass is 10.1. The smallest absolute Gasteiger partial charge is 0.271 e. The molecule has 2 rings (SSSR count). The second-order valence-electron chi connectivity index (χ2n) is 4.01. The molecule has 8 heteroatoms. The summed E-state index contributed by atoms with van der Waals surface area (Å²) in [7, 11) is 0. The number of hydrogen-bond acceptors (Lipinski definition) is 3. The van der Waals surface area contributed by atoms with E-state index in [1.165, 1.54) is 0 Å². The van der Waals surface area contributed by atoms with Crippen LogP contribution in [0.1, 0.15) is 10.4 Å². The lowest BCUT2D eigenvalue weighted by Crippen LogP contribution is -2.13. The van der Waals surface area contributed by atoms with Gasteiger partial charge in [0.2, 0.25) is 0 Å². The highest BCUT2D eigenvalue weighted by Crippen LogP contribution is 2.31. The van der Waals surface area contributed by atoms with E-state index in [9.17, 15) is 14.9 Å². The van der Waals surface area contributed by atoms with Crippen molar-refractivity contribution in [2.24, 2.45) is 0 Å². The second kappa shape index (κ2) is 6.59. The van der Waals surface area contributed by atoms with Crippen LogP contribution in [-0.2, 0) is 0 Å². The number of nitro benzene ring substituents is 1. The molecule has 0 bridgehead atoms. The molecule has 108 valence electrons. The predicted octanol–water partition coefficient (Wildman–Crippen LogP) is 4.76. The Balaban J connectivity index is 2.37. The van der Waals surface area contributed by atoms with Crippen molar-refractivity contribution in [3.8, 4) is 0 Å². The zero-order valence-corrected chi connectivity index (χ0v) is 13.9. The lowest BCUT2D eigenvalue weighted by molar-refractivity contribution is -0.384. The average Bonchev–Trinajstić information content (AvgIpc) is 2.41. The molecule has 0 fully saturated rings. The zero-order valence-electron chi connectivity index (χ0n) is 10.3. The molecular formula is C13H7Cl2IN2O3. The normalized spacial score (nSPS) is 10.2. The van der Waals surface area contributed by atoms with Gasteiger partial charge < -0.3 is 5.32 Å². The number of halogens is 3. The fourth-order valence-corrected chi connectivity index (χ4v) is 2.56. The van der Waals surface area contributed by atoms with E-state index in [2.05, 4.69) is 27.9 Å². The van der Waals surface area contributed by atoms with Crippen molar-refractivity contribution < 1.29 is 9.72 Å². The van der Waals surface area contributed by atoms with E-state index >= 15 is 0 Å². The van der Waals surface area contributed by atoms with Crippen LogP contribution in [0.2, 0.25) is 10.0 Å². The molecule has 0 aliphatic rings. The molecule has 0 saturated heterocycles. The maximum Gasteiger partial charge on any atom is 0.271 e. The number of non-ortho nitro benzene ring substituents is 1. The average molecular weight is 437 g/mol. The predicted molar refractivity (Wildman–Crippen MR) is 90.2 cm³/mol. The summed E-state index contributed by atoms with van der Waals surface area (Å²) in [4.78, 5) is 22.4. The number of hydrogen-bond donors (Lipinski definition) is 1. The Morgan fingerprint density at radius 3 is 2.57 bits per heavy atom. The second-order valence-corrected chi connectivity index (χ2v) is 6.04. The van der Waals surface area contributed by atoms with Crippen LogP contribution >= 0.6 is 45.8 Å². The Morgan fingerprint density at radius 1 is 1.24 bits per heavy atom. The Morgan fingerprint density at radius 2 is 1.95 bits per heavy atom. The highest BCUT2D eigenvalue weighted by molar-refractivity contribution is 14.1. The summed E-state index contributed by atoms with van der Waals surface area (Å²) >= 11 is 13.9. The summed E-state index contributed by atoms with van der Waals surface area (Å²) in [6, 6.07) is 9.30. The van der Waals surface area contributed by atoms with Crippen molar-refractivity contribution in [1.29, 1.82) is 0 Å². The number of carbonyl (C=O) groups is 1. The third-order valence-corrected chi connectivity index (χ3v) is 4.02. The minimum atomic E-state index is -0.634. The third-order valence-electron chi connectivity index (χ3n) is 2.55. The number of anilines is 1. The molecule has 0 unspecified atom stereocenters. The van der Waals surface area contributed by atoms with Gasteiger partial charge in [0.25, 0.3) is 11.6 Å². The van der Waals surface area contributed by atoms with Crippen LogP contribution in [-0.4, -0.2) is 10.8 Å². The summed E-state index contributed by atoms with van der Waals surface area (Å²) in [5.41, 5.74) is 0.220. The number of nitrogens with zero attached hydrogens (tertiary/aromatic N) is 1. The van der Waals surface area contributed by atoms with Crippen molar-refractivity contribution in [3.63, 3.8) is 0 Å². The molecule has 0 atom stereocenters. The number of carbonyl (C=O) groups excluding carboxylic acids is 1. The molecule has 0 aromatic heterocycles. The van der Waals surface area contributed by atoms with E-state index < -0.39 is 10.8 Å². The van der Waals surface area contributed by atoms with E-state index in [4.69, 9.17) is 23.2 Å². The highest BCUT2D eigenvalue weighted by atomic mass is 127. The minimum absolute atomic E-state index is 0.0228. The zero-order chi connectivity index (χ0) is 15.6. The SMILES string of the molecule is O=C(Nc1cccc(I)c1)c1cc([N+](=O)[O-])cc(Cl)c1Cl. The maximum atomic E-state index is 12.2. The van der Waals surface area contributed by atoms with Crippen LogP contribution in [0.3, 0.4) is 0 Å². The van der Waals surface area contributed by atoms with E-state index in [1.807, 2.05) is 6.07 Å². The molecule has 0 radical (unpaired) electrons. The van der Waals surface area contributed by atoms with Crippen molar-refractivity contribution in [2.45, 2.75) is 0 Å². The molecule has 21 heavy (non-hydrogen) atoms. The molecule has 2 aromatic rings. The van der Waals surface area contributed by atoms with Crippen molar-refractivity contribution >= 4 is 63.1 Å². The molecule has 0 saturated carbocycles. The van der Waals surface area contributed by atoms with Crippen LogP contribution in [0.15, 0.2) is 36.4 Å². The first-order valence-electron chi connectivity index (χ1n) is 5.59. The van der Waals surface area contributed by atoms with Gasteiger partial charge in [-0.1, -0.05) is 29.3 Å². The standard InChI is InChI=1S/C13H7Cl2IN2O3/c14-11-6-9(18(20)21)5-10(12(11)15)13(19)17-8-3-1-2-7(16)4-8/h1-6H,(H,17,19). The topological polar surface area (TPSA) is 72.2 Å². The number of benzene rings is 2. The van der Waals surface area contributed by atoms with Crippen molar-refractivity contribution in [2.75, 3.05) is 5.32 Å². The van der Waals surface area contributed by atoms with Gasteiger partial charge in [-0.05, 0) is 40.8 Å². The quantitative estimate of drug-likeness (QED) is 0.428. The molecule has 0 heterocycles. The molecule has 0 spiro atoms. The van der Waals surface area contributed by atoms with E-state index in [1.54, 1.807) is 18.2 Å². The number of nitro groups is 1. The summed E-state index contributed by atoms with van der Waals surface area (Å²) < 4.78 is 0.938. The number of rotatable bonds is 3. The summed E-state index contributed by atoms with van der Waals surface area (Å²) in [5, 5.41) is 13.4. The molecule has 5 nitrogen and oxygen atoms in total. The first kappa shape index (κ1) is 16.0. The fraction of sp³-hybridized carbons (Fsp3) is 0. The van der Waals surface area contributed by atoms with Crippen LogP contribution in [0.4, 0.5) is 11.4 Å². The lowest BCUT2D eigenvalue weighted by Gasteiger charge is -2.08. The van der Waals surface area contributed by atoms with E-state index in [0.29, 0.717) is 5.69 Å². The molecule has 0 aliphatic heterocycles. The van der Waals surface area contributed by atoms with Crippen molar-refractivity contribution in [1.82, 2.24) is 0 Å². The molecular weight excluding hydrogens is 430 g/mol. The Labute approximate surface area is 143 Å². The van der Waals surface area contributed by atoms with Crippen molar-refractivity contribution in [3.05, 3.63) is 65.7 Å². The first-order chi connectivity index (χ1) is 9.88. The van der Waals surface area contributed by atoms with Crippen LogP contribution < -0.4 is 5.32 Å². The van der Waals surface area contributed by atoms with Gasteiger partial charge in [0.05, 0.1) is 20.5 Å². The molecule has 2 aromatic carbocycles. The third kappa shape index (κ3) is 3.84. The largest absolute Gasteiger partial charge is 0.322 e. The monoisotopic (exact) mass is 436 g/mol. The van der Waals surface area contributed by atoms with Gasteiger partial charge in [-0.2, -0.15) is 0 Å². The van der Waals surface area contributed by atoms with E-state index in [0.717, 1.165) is 15.7 Å². The van der Waals surface area contributed by atoms with Gasteiger partial charge in [0.1, 0.15) is 0 Å². The summed E-state index contributed by atoms with van der Waals surface area (Å²) in [5.74, 6) is -0.562. The Hall–Kier alpha value is -1.38. The van der Waals surface area contributed by atoms with Crippen LogP contribution in [0, 0.1) is 13.7 Å². The minimum Gasteiger partial charge on any atom is -0.322 e. The van der Waals surface area contributed by atoms with Gasteiger partial charge >= 0.3 is 0 Å². The van der Waals surface area contributed by atoms with Crippen LogP contribution in [0.25, 0.3) is 0 Å². The highest BCUT2D eigenvalue weighted by Gasteiger charge is 2.19. The summed E-state index contributed by atoms with van der Waals surface area (Å²) in [6.45, 7) is 0. The number of nitrogens with one attached hydrogen (secondary N) is 1. The van der Waals surface area contributed by atoms with Gasteiger partial charge in [-0.25, -0.2) is 0 Å². The maximum absolute atomic E-state index is 12.2. The Bertz CT molecular complexity index is 737. The van der Waals surface area contributed by atoms with Gasteiger partial charge in [-0.15, -0.1) is 0 Å². The molecule has 1 N–H and O–H groups in total.